The van der Waals surface area contributed by atoms with Crippen LogP contribution >= 0.6 is 0 Å². The second kappa shape index (κ2) is 37.4. The van der Waals surface area contributed by atoms with Crippen LogP contribution in [-0.4, -0.2) is 193 Å². The molecule has 3 aliphatic rings. The van der Waals surface area contributed by atoms with E-state index in [0.29, 0.717) is 28.0 Å². The third-order valence-electron chi connectivity index (χ3n) is 14.5. The molecular weight excluding hydrogens is 1270 g/mol. The Labute approximate surface area is 560 Å². The fourth-order valence-electron chi connectivity index (χ4n) is 9.97. The van der Waals surface area contributed by atoms with Crippen LogP contribution in [0.1, 0.15) is 95.4 Å². The van der Waals surface area contributed by atoms with Crippen LogP contribution in [-0.2, 0) is 23.9 Å². The number of fused-ring (bicyclic) bond motifs is 2. The van der Waals surface area contributed by atoms with Crippen molar-refractivity contribution in [3.63, 3.8) is 0 Å². The van der Waals surface area contributed by atoms with E-state index in [-0.39, 0.29) is 69.7 Å². The number of carbonyl (C=O) groups is 7. The van der Waals surface area contributed by atoms with Crippen molar-refractivity contribution < 1.29 is 74.1 Å². The lowest BCUT2D eigenvalue weighted by Crippen LogP contribution is -2.44. The summed E-state index contributed by atoms with van der Waals surface area (Å²) in [6, 6.07) is 30.1. The summed E-state index contributed by atoms with van der Waals surface area (Å²) >= 11 is 0. The van der Waals surface area contributed by atoms with Gasteiger partial charge in [0.2, 0.25) is 23.6 Å². The second-order valence-corrected chi connectivity index (χ2v) is 22.5. The highest BCUT2D eigenvalue weighted by Crippen LogP contribution is 2.34. The number of nitriles is 2. The van der Waals surface area contributed by atoms with Crippen molar-refractivity contribution >= 4 is 63.7 Å². The van der Waals surface area contributed by atoms with Crippen molar-refractivity contribution in [3.05, 3.63) is 121 Å². The molecule has 5 N–H and O–H groups in total. The number of alkyl carbamates (subject to hydrolysis) is 1. The van der Waals surface area contributed by atoms with E-state index in [4.69, 9.17) is 19.5 Å². The Morgan fingerprint density at radius 3 is 1.60 bits per heavy atom. The number of pyridine rings is 2. The zero-order chi connectivity index (χ0) is 72.3. The summed E-state index contributed by atoms with van der Waals surface area (Å²) in [7, 11) is 3.12. The Bertz CT molecular complexity index is 3720. The van der Waals surface area contributed by atoms with Crippen molar-refractivity contribution in [1.29, 1.82) is 10.5 Å². The third-order valence-corrected chi connectivity index (χ3v) is 14.5. The van der Waals surface area contributed by atoms with Gasteiger partial charge in [0.25, 0.3) is 23.7 Å². The Morgan fingerprint density at radius 1 is 0.649 bits per heavy atom. The summed E-state index contributed by atoms with van der Waals surface area (Å²) in [5, 5.41) is 26.6. The molecule has 3 fully saturated rings. The Kier molecular flexibility index (Phi) is 30.6. The number of hydrogen-bond acceptors (Lipinski definition) is 16. The van der Waals surface area contributed by atoms with E-state index in [9.17, 15) is 65.2 Å². The first-order valence-electron chi connectivity index (χ1n) is 31.3. The molecule has 522 valence electrons. The number of nitrogens with two attached hydrogens (primary N) is 1. The van der Waals surface area contributed by atoms with Gasteiger partial charge in [-0.1, -0.05) is 64.1 Å². The Morgan fingerprint density at radius 2 is 1.13 bits per heavy atom. The largest absolute Gasteiger partial charge is 0.492 e. The van der Waals surface area contributed by atoms with Gasteiger partial charge in [-0.3, -0.25) is 38.7 Å². The molecule has 3 saturated heterocycles. The van der Waals surface area contributed by atoms with Crippen molar-refractivity contribution in [2.45, 2.75) is 110 Å². The maximum atomic E-state index is 13.9. The fraction of sp³-hybridized carbons (Fsp3) is 0.435. The first-order valence-corrected chi connectivity index (χ1v) is 31.3. The summed E-state index contributed by atoms with van der Waals surface area (Å²) in [4.78, 5) is 98.2. The first kappa shape index (κ1) is 79.5. The number of ether oxygens (including phenoxy) is 3. The molecule has 0 radical (unpaired) electrons. The van der Waals surface area contributed by atoms with Gasteiger partial charge in [0, 0.05) is 61.5 Å². The zero-order valence-electron chi connectivity index (χ0n) is 56.0. The van der Waals surface area contributed by atoms with Gasteiger partial charge < -0.3 is 55.5 Å². The van der Waals surface area contributed by atoms with Crippen LogP contribution in [0.3, 0.4) is 0 Å². The highest BCUT2D eigenvalue weighted by atomic mass is 19.3. The van der Waals surface area contributed by atoms with E-state index in [1.54, 1.807) is 76.5 Å². The number of aromatic nitrogens is 2. The molecule has 0 aliphatic carbocycles. The van der Waals surface area contributed by atoms with E-state index < -0.39 is 98.3 Å². The molecule has 2 unspecified atom stereocenters. The summed E-state index contributed by atoms with van der Waals surface area (Å²) in [6.45, 7) is 12.5. The maximum absolute atomic E-state index is 13.9. The highest BCUT2D eigenvalue weighted by Gasteiger charge is 2.48. The van der Waals surface area contributed by atoms with Crippen LogP contribution in [0.4, 0.5) is 31.1 Å². The average molecular weight is 1360 g/mol. The van der Waals surface area contributed by atoms with Gasteiger partial charge in [-0.15, -0.1) is 0 Å². The van der Waals surface area contributed by atoms with Gasteiger partial charge in [0.1, 0.15) is 48.9 Å². The second-order valence-electron chi connectivity index (χ2n) is 22.5. The van der Waals surface area contributed by atoms with E-state index in [1.807, 2.05) is 88.4 Å². The number of likely N-dealkylation sites (tertiary alicyclic amines) is 3. The smallest absolute Gasteiger partial charge is 0.408 e. The number of carbonyl (C=O) groups excluding carboxylic acids is 7. The number of nitrogens with one attached hydrogen (secondary N) is 3. The minimum Gasteiger partial charge on any atom is -0.492 e. The lowest BCUT2D eigenvalue weighted by molar-refractivity contribution is -0.131. The molecule has 2 aromatic heterocycles. The summed E-state index contributed by atoms with van der Waals surface area (Å²) in [5.41, 5.74) is 9.12. The van der Waals surface area contributed by atoms with Crippen molar-refractivity contribution in [3.8, 4) is 45.9 Å². The number of amides is 6. The van der Waals surface area contributed by atoms with Crippen molar-refractivity contribution in [2.75, 3.05) is 86.2 Å². The maximum Gasteiger partial charge on any atom is 0.408 e. The Balaban J connectivity index is 0.000000549. The van der Waals surface area contributed by atoms with E-state index in [2.05, 4.69) is 31.7 Å². The molecule has 28 heteroatoms. The quantitative estimate of drug-likeness (QED) is 0.0460. The summed E-state index contributed by atoms with van der Waals surface area (Å²) < 4.78 is 95.6. The van der Waals surface area contributed by atoms with Gasteiger partial charge >= 0.3 is 6.09 Å². The van der Waals surface area contributed by atoms with Crippen LogP contribution in [0.5, 0.6) is 11.5 Å². The molecular formula is C69H84F6N12O10. The standard InChI is InChI=1S/C50H47F2N7O8.C7H8F2N2O.C7H12F2N2O.2C2H6.CH5N/c1-49(2,3)67-48(64)57-28-45(61)58(20-22-65-38-10-4-32(5-11-38)34-8-14-43-41(24-34)36(30-60)16-18-54-43)21-23-66-39-12-6-33(7-13-39)35-9-15-44-42(25-35)40(17-19-55-44)47(63)56-29-46(62)59-31-50(51,52)26-37(59)27-53;1-5(12)11-4-7(8,9)2-6(11)3-10;1-10-4-6(12)11-3-2-7(8,9)5-11;3*1-2/h4-19,24-25,30,37H,20-23,26,28-29,31H2,1-3H3,(H,56,63)(H,57,64);6H,2,4H2,1H3;10H,2-5H2,1H3;2*1-2H3;2H2,1H3. The monoisotopic (exact) mass is 1350 g/mol. The number of halogens is 6. The normalized spacial score (nSPS) is 16.0. The predicted octanol–water partition coefficient (Wildman–Crippen LogP) is 9.70. The van der Waals surface area contributed by atoms with Gasteiger partial charge in [-0.25, -0.2) is 31.1 Å². The van der Waals surface area contributed by atoms with Gasteiger partial charge in [0.15, 0.2) is 6.29 Å². The highest BCUT2D eigenvalue weighted by molar-refractivity contribution is 6.08. The summed E-state index contributed by atoms with van der Waals surface area (Å²) in [5.74, 6) is -10.1. The SMILES string of the molecule is CC.CC.CC(=O)N1CC(F)(F)CC1C#N.CC(C)(C)OC(=O)NCC(=O)N(CCOc1ccc(-c2ccc3nccc(C=O)c3c2)cc1)CCOc1ccc(-c2ccc3nccc(C(=O)NCC(=O)N4CC(F)(F)CC4C#N)c3c2)cc1.CN.CNCC(=O)N1CCC(F)(F)C1. The van der Waals surface area contributed by atoms with Crippen LogP contribution in [0.15, 0.2) is 109 Å². The van der Waals surface area contributed by atoms with Crippen LogP contribution in [0, 0.1) is 22.7 Å². The molecule has 97 heavy (non-hydrogen) atoms. The minimum absolute atomic E-state index is 0.110. The number of likely N-dealkylation sites (N-methyl/N-ethyl adjacent to an activating group) is 1. The van der Waals surface area contributed by atoms with Gasteiger partial charge in [-0.05, 0) is 118 Å². The van der Waals surface area contributed by atoms with Crippen molar-refractivity contribution in [2.24, 2.45) is 5.73 Å². The van der Waals surface area contributed by atoms with Gasteiger partial charge in [0.05, 0.1) is 74.5 Å². The van der Waals surface area contributed by atoms with Crippen molar-refractivity contribution in [1.82, 2.24) is 45.5 Å². The molecule has 3 aliphatic heterocycles. The molecule has 2 atom stereocenters. The molecule has 6 amide bonds. The molecule has 0 bridgehead atoms. The lowest BCUT2D eigenvalue weighted by atomic mass is 10.0. The fourth-order valence-corrected chi connectivity index (χ4v) is 9.97. The molecule has 6 aromatic rings. The number of rotatable bonds is 18. The summed E-state index contributed by atoms with van der Waals surface area (Å²) in [6.07, 6.45) is 1.65. The molecule has 5 heterocycles. The molecule has 0 saturated carbocycles. The lowest BCUT2D eigenvalue weighted by Gasteiger charge is -2.24. The molecule has 9 rings (SSSR count). The minimum atomic E-state index is -3.18. The number of benzene rings is 4. The number of hydrogen-bond donors (Lipinski definition) is 4. The molecule has 4 aromatic carbocycles. The molecule has 0 spiro atoms. The van der Waals surface area contributed by atoms with Gasteiger partial charge in [-0.2, -0.15) is 10.5 Å². The van der Waals surface area contributed by atoms with Crippen LogP contribution in [0.2, 0.25) is 0 Å². The predicted molar refractivity (Wildman–Crippen MR) is 354 cm³/mol. The zero-order valence-corrected chi connectivity index (χ0v) is 56.0. The van der Waals surface area contributed by atoms with Crippen LogP contribution in [0.25, 0.3) is 44.1 Å². The number of nitrogens with zero attached hydrogens (tertiary/aromatic N) is 8. The van der Waals surface area contributed by atoms with E-state index in [0.717, 1.165) is 49.2 Å². The van der Waals surface area contributed by atoms with E-state index >= 15 is 0 Å². The van der Waals surface area contributed by atoms with Crippen LogP contribution < -0.4 is 31.2 Å². The number of alkyl halides is 6. The molecule has 22 nitrogen and oxygen atoms in total. The Hall–Kier alpha value is -9.93. The number of aldehydes is 1. The topological polar surface area (TPSA) is 296 Å². The van der Waals surface area contributed by atoms with E-state index in [1.165, 1.54) is 36.0 Å². The first-order chi connectivity index (χ1) is 46.1. The average Bonchev–Trinajstić information content (AvgIpc) is 1.64. The third kappa shape index (κ3) is 24.0.